The van der Waals surface area contributed by atoms with Crippen LogP contribution in [-0.2, 0) is 0 Å². The molecule has 2 aromatic carbocycles. The number of benzene rings is 2. The van der Waals surface area contributed by atoms with Gasteiger partial charge in [0.15, 0.2) is 18.2 Å². The summed E-state index contributed by atoms with van der Waals surface area (Å²) < 4.78 is 108. The van der Waals surface area contributed by atoms with Crippen LogP contribution >= 0.6 is 23.2 Å². The zero-order valence-electron chi connectivity index (χ0n) is 15.0. The largest absolute Gasteiger partial charge is 0.484 e. The van der Waals surface area contributed by atoms with Crippen molar-refractivity contribution in [1.82, 2.24) is 5.32 Å². The second-order valence-electron chi connectivity index (χ2n) is 5.86. The highest BCUT2D eigenvalue weighted by atomic mass is 35.5. The highest BCUT2D eigenvalue weighted by Crippen LogP contribution is 2.41. The Morgan fingerprint density at radius 3 is 2.09 bits per heavy atom. The molecule has 0 unspecified atom stereocenters. The summed E-state index contributed by atoms with van der Waals surface area (Å²) in [6.45, 7) is -2.27. The van der Waals surface area contributed by atoms with E-state index in [-0.39, 0.29) is 0 Å². The van der Waals surface area contributed by atoms with Crippen molar-refractivity contribution in [3.05, 3.63) is 57.3 Å². The van der Waals surface area contributed by atoms with E-state index in [1.165, 1.54) is 5.32 Å². The number of imide groups is 1. The first-order valence-electron chi connectivity index (χ1n) is 7.97. The van der Waals surface area contributed by atoms with E-state index < -0.39 is 75.1 Å². The van der Waals surface area contributed by atoms with Gasteiger partial charge in [0.25, 0.3) is 5.91 Å². The van der Waals surface area contributed by atoms with E-state index in [2.05, 4.69) is 4.74 Å². The van der Waals surface area contributed by atoms with Crippen LogP contribution in [0.3, 0.4) is 0 Å². The fraction of sp³-hybridized carbons (Fsp3) is 0.176. The molecular formula is C17H8Cl2F8N2O3. The second kappa shape index (κ2) is 9.36. The van der Waals surface area contributed by atoms with Gasteiger partial charge < -0.3 is 10.1 Å². The Labute approximate surface area is 183 Å². The molecule has 2 N–H and O–H groups in total. The van der Waals surface area contributed by atoms with Crippen molar-refractivity contribution >= 4 is 40.8 Å². The lowest BCUT2D eigenvalue weighted by Crippen LogP contribution is -2.41. The molecule has 0 aliphatic heterocycles. The SMILES string of the molecule is O=C(NC(=O)c1c(F)cccc1F)Nc1cc(Cl)c(OCC(F)(F)C(F)(F)F)c(Cl)c1F. The highest BCUT2D eigenvalue weighted by molar-refractivity contribution is 6.37. The number of rotatable bonds is 5. The first kappa shape index (κ1) is 25.5. The van der Waals surface area contributed by atoms with Crippen LogP contribution in [0.2, 0.25) is 10.0 Å². The number of amides is 3. The van der Waals surface area contributed by atoms with Crippen molar-refractivity contribution < 1.29 is 49.4 Å². The molecule has 0 radical (unpaired) electrons. The molecule has 174 valence electrons. The van der Waals surface area contributed by atoms with Crippen LogP contribution in [0.25, 0.3) is 0 Å². The third kappa shape index (κ3) is 5.51. The zero-order chi connectivity index (χ0) is 24.4. The van der Waals surface area contributed by atoms with Gasteiger partial charge in [0.1, 0.15) is 22.2 Å². The minimum absolute atomic E-state index is 0.525. The third-order valence-corrected chi connectivity index (χ3v) is 4.21. The molecule has 5 nitrogen and oxygen atoms in total. The van der Waals surface area contributed by atoms with Gasteiger partial charge in [-0.2, -0.15) is 22.0 Å². The number of hydrogen-bond donors (Lipinski definition) is 2. The van der Waals surface area contributed by atoms with Crippen molar-refractivity contribution in [3.8, 4) is 5.75 Å². The van der Waals surface area contributed by atoms with Crippen molar-refractivity contribution in [1.29, 1.82) is 0 Å². The third-order valence-electron chi connectivity index (χ3n) is 3.59. The van der Waals surface area contributed by atoms with Gasteiger partial charge in [-0.25, -0.2) is 18.0 Å². The van der Waals surface area contributed by atoms with Crippen molar-refractivity contribution in [2.75, 3.05) is 11.9 Å². The quantitative estimate of drug-likeness (QED) is 0.386. The Bertz CT molecular complexity index is 1040. The van der Waals surface area contributed by atoms with Crippen LogP contribution in [0.1, 0.15) is 10.4 Å². The van der Waals surface area contributed by atoms with Crippen LogP contribution in [-0.4, -0.2) is 30.6 Å². The van der Waals surface area contributed by atoms with E-state index >= 15 is 0 Å². The minimum atomic E-state index is -5.96. The molecule has 32 heavy (non-hydrogen) atoms. The van der Waals surface area contributed by atoms with Crippen molar-refractivity contribution in [2.24, 2.45) is 0 Å². The first-order chi connectivity index (χ1) is 14.7. The fourth-order valence-corrected chi connectivity index (χ4v) is 2.64. The minimum Gasteiger partial charge on any atom is -0.484 e. The fourth-order valence-electron chi connectivity index (χ4n) is 2.08. The van der Waals surface area contributed by atoms with Crippen LogP contribution < -0.4 is 15.4 Å². The smallest absolute Gasteiger partial charge is 0.456 e. The summed E-state index contributed by atoms with van der Waals surface area (Å²) in [7, 11) is 0. The molecule has 0 saturated carbocycles. The van der Waals surface area contributed by atoms with Crippen molar-refractivity contribution in [3.63, 3.8) is 0 Å². The topological polar surface area (TPSA) is 67.4 Å². The summed E-state index contributed by atoms with van der Waals surface area (Å²) in [5, 5.41) is 1.25. The molecule has 0 spiro atoms. The Morgan fingerprint density at radius 1 is 1.00 bits per heavy atom. The molecule has 0 aromatic heterocycles. The number of hydrogen-bond acceptors (Lipinski definition) is 3. The Kier molecular flexibility index (Phi) is 7.45. The van der Waals surface area contributed by atoms with Gasteiger partial charge in [0.05, 0.1) is 10.7 Å². The predicted molar refractivity (Wildman–Crippen MR) is 95.8 cm³/mol. The van der Waals surface area contributed by atoms with E-state index in [4.69, 9.17) is 23.2 Å². The number of nitrogens with one attached hydrogen (secondary N) is 2. The average Bonchev–Trinajstić information content (AvgIpc) is 2.64. The molecule has 2 rings (SSSR count). The predicted octanol–water partition coefficient (Wildman–Crippen LogP) is 5.95. The van der Waals surface area contributed by atoms with Crippen LogP contribution in [0.15, 0.2) is 24.3 Å². The maximum absolute atomic E-state index is 14.3. The summed E-state index contributed by atoms with van der Waals surface area (Å²) in [4.78, 5) is 23.7. The lowest BCUT2D eigenvalue weighted by atomic mass is 10.2. The zero-order valence-corrected chi connectivity index (χ0v) is 16.5. The maximum atomic E-state index is 14.3. The van der Waals surface area contributed by atoms with Gasteiger partial charge in [-0.3, -0.25) is 10.1 Å². The molecular weight excluding hydrogens is 503 g/mol. The number of alkyl halides is 5. The van der Waals surface area contributed by atoms with Crippen LogP contribution in [0.5, 0.6) is 5.75 Å². The van der Waals surface area contributed by atoms with E-state index in [0.29, 0.717) is 6.07 Å². The standard InChI is InChI=1S/C17H8Cl2F8N2O3/c18-6-4-9(12(22)11(19)13(6)32-5-16(23,24)17(25,26)27)28-15(31)29-14(30)10-7(20)2-1-3-8(10)21/h1-4H,5H2,(H2,28,29,30,31). The number of anilines is 1. The van der Waals surface area contributed by atoms with E-state index in [9.17, 15) is 44.7 Å². The summed E-state index contributed by atoms with van der Waals surface area (Å²) in [5.74, 6) is -12.1. The molecule has 0 fully saturated rings. The normalized spacial score (nSPS) is 11.8. The number of halogens is 10. The van der Waals surface area contributed by atoms with Crippen LogP contribution in [0.4, 0.5) is 45.6 Å². The Hall–Kier alpha value is -2.80. The summed E-state index contributed by atoms with van der Waals surface area (Å²) in [6.07, 6.45) is -5.96. The summed E-state index contributed by atoms with van der Waals surface area (Å²) >= 11 is 11.2. The van der Waals surface area contributed by atoms with E-state index in [1.807, 2.05) is 0 Å². The molecule has 0 aliphatic carbocycles. The van der Waals surface area contributed by atoms with Gasteiger partial charge >= 0.3 is 18.1 Å². The molecule has 0 bridgehead atoms. The van der Waals surface area contributed by atoms with Gasteiger partial charge in [-0.1, -0.05) is 29.3 Å². The Morgan fingerprint density at radius 2 is 1.56 bits per heavy atom. The monoisotopic (exact) mass is 510 g/mol. The van der Waals surface area contributed by atoms with E-state index in [0.717, 1.165) is 18.2 Å². The molecule has 0 atom stereocenters. The molecule has 3 amide bonds. The average molecular weight is 511 g/mol. The number of carbonyl (C=O) groups excluding carboxylic acids is 2. The second-order valence-corrected chi connectivity index (χ2v) is 6.64. The summed E-state index contributed by atoms with van der Waals surface area (Å²) in [5.41, 5.74) is -1.98. The number of urea groups is 1. The number of carbonyl (C=O) groups is 2. The molecule has 0 heterocycles. The highest BCUT2D eigenvalue weighted by Gasteiger charge is 2.58. The molecule has 0 saturated heterocycles. The summed E-state index contributed by atoms with van der Waals surface area (Å²) in [6, 6.07) is 1.43. The van der Waals surface area contributed by atoms with Gasteiger partial charge in [-0.15, -0.1) is 0 Å². The lowest BCUT2D eigenvalue weighted by molar-refractivity contribution is -0.290. The lowest BCUT2D eigenvalue weighted by Gasteiger charge is -2.21. The van der Waals surface area contributed by atoms with Gasteiger partial charge in [0, 0.05) is 0 Å². The van der Waals surface area contributed by atoms with Crippen molar-refractivity contribution in [2.45, 2.75) is 12.1 Å². The number of ether oxygens (including phenoxy) is 1. The molecule has 15 heteroatoms. The molecule has 2 aromatic rings. The van der Waals surface area contributed by atoms with E-state index in [1.54, 1.807) is 5.32 Å². The van der Waals surface area contributed by atoms with Gasteiger partial charge in [-0.05, 0) is 18.2 Å². The van der Waals surface area contributed by atoms with Crippen LogP contribution in [0, 0.1) is 17.5 Å². The Balaban J connectivity index is 2.18. The first-order valence-corrected chi connectivity index (χ1v) is 8.72. The van der Waals surface area contributed by atoms with Gasteiger partial charge in [0.2, 0.25) is 0 Å². The molecule has 0 aliphatic rings. The maximum Gasteiger partial charge on any atom is 0.456 e.